The van der Waals surface area contributed by atoms with Gasteiger partial charge in [0.1, 0.15) is 0 Å². The largest absolute Gasteiger partial charge is 0.377 e. The zero-order valence-corrected chi connectivity index (χ0v) is 12.2. The molecule has 0 atom stereocenters. The summed E-state index contributed by atoms with van der Waals surface area (Å²) in [5.41, 5.74) is 1.75. The molecular formula is C15H18N2O2S. The van der Waals surface area contributed by atoms with Crippen molar-refractivity contribution in [2.24, 2.45) is 0 Å². The SMILES string of the molecule is CCOCc1ccccc1NC(=O)NCc1cccs1. The molecule has 0 saturated heterocycles. The van der Waals surface area contributed by atoms with E-state index in [1.165, 1.54) is 0 Å². The van der Waals surface area contributed by atoms with Gasteiger partial charge in [-0.15, -0.1) is 11.3 Å². The maximum absolute atomic E-state index is 11.9. The third-order valence-electron chi connectivity index (χ3n) is 2.73. The number of thiophene rings is 1. The molecule has 1 aromatic carbocycles. The average Bonchev–Trinajstić information content (AvgIpc) is 2.97. The molecule has 0 aliphatic rings. The van der Waals surface area contributed by atoms with Gasteiger partial charge in [-0.05, 0) is 24.4 Å². The Hall–Kier alpha value is -1.85. The molecule has 106 valence electrons. The summed E-state index contributed by atoms with van der Waals surface area (Å²) in [5, 5.41) is 7.69. The molecule has 2 N–H and O–H groups in total. The van der Waals surface area contributed by atoms with Crippen LogP contribution >= 0.6 is 11.3 Å². The molecule has 1 aromatic heterocycles. The Balaban J connectivity index is 1.90. The molecule has 0 saturated carbocycles. The van der Waals surface area contributed by atoms with Crippen LogP contribution in [0.25, 0.3) is 0 Å². The quantitative estimate of drug-likeness (QED) is 0.854. The maximum atomic E-state index is 11.9. The Morgan fingerprint density at radius 1 is 1.25 bits per heavy atom. The number of hydrogen-bond donors (Lipinski definition) is 2. The number of rotatable bonds is 6. The monoisotopic (exact) mass is 290 g/mol. The minimum Gasteiger partial charge on any atom is -0.377 e. The van der Waals surface area contributed by atoms with E-state index in [1.807, 2.05) is 48.7 Å². The molecule has 4 nitrogen and oxygen atoms in total. The summed E-state index contributed by atoms with van der Waals surface area (Å²) in [6, 6.07) is 11.4. The minimum absolute atomic E-state index is 0.206. The van der Waals surface area contributed by atoms with Gasteiger partial charge in [0.25, 0.3) is 0 Å². The second kappa shape index (κ2) is 7.67. The number of carbonyl (C=O) groups is 1. The Labute approximate surface area is 122 Å². The lowest BCUT2D eigenvalue weighted by molar-refractivity contribution is 0.134. The van der Waals surface area contributed by atoms with Crippen LogP contribution in [0.1, 0.15) is 17.4 Å². The number of anilines is 1. The predicted molar refractivity (Wildman–Crippen MR) is 81.9 cm³/mol. The van der Waals surface area contributed by atoms with Gasteiger partial charge >= 0.3 is 6.03 Å². The van der Waals surface area contributed by atoms with Gasteiger partial charge in [-0.3, -0.25) is 0 Å². The minimum atomic E-state index is -0.206. The molecular weight excluding hydrogens is 272 g/mol. The zero-order chi connectivity index (χ0) is 14.2. The lowest BCUT2D eigenvalue weighted by Crippen LogP contribution is -2.28. The number of para-hydroxylation sites is 1. The van der Waals surface area contributed by atoms with Crippen molar-refractivity contribution in [3.63, 3.8) is 0 Å². The third-order valence-corrected chi connectivity index (χ3v) is 3.61. The van der Waals surface area contributed by atoms with Crippen LogP contribution in [0.15, 0.2) is 41.8 Å². The van der Waals surface area contributed by atoms with Gasteiger partial charge in [0.15, 0.2) is 0 Å². The normalized spacial score (nSPS) is 10.2. The third kappa shape index (κ3) is 4.36. The van der Waals surface area contributed by atoms with E-state index in [0.29, 0.717) is 19.8 Å². The van der Waals surface area contributed by atoms with Crippen LogP contribution in [0.3, 0.4) is 0 Å². The summed E-state index contributed by atoms with van der Waals surface area (Å²) in [5.74, 6) is 0. The Kier molecular flexibility index (Phi) is 5.58. The summed E-state index contributed by atoms with van der Waals surface area (Å²) in [4.78, 5) is 13.0. The first-order chi connectivity index (χ1) is 9.79. The average molecular weight is 290 g/mol. The van der Waals surface area contributed by atoms with E-state index in [0.717, 1.165) is 16.1 Å². The highest BCUT2D eigenvalue weighted by Crippen LogP contribution is 2.16. The van der Waals surface area contributed by atoms with E-state index in [-0.39, 0.29) is 6.03 Å². The van der Waals surface area contributed by atoms with E-state index < -0.39 is 0 Å². The zero-order valence-electron chi connectivity index (χ0n) is 11.4. The first-order valence-electron chi connectivity index (χ1n) is 6.52. The molecule has 2 rings (SSSR count). The molecule has 0 unspecified atom stereocenters. The van der Waals surface area contributed by atoms with Crippen molar-refractivity contribution >= 4 is 23.1 Å². The maximum Gasteiger partial charge on any atom is 0.319 e. The number of nitrogens with one attached hydrogen (secondary N) is 2. The summed E-state index contributed by atoms with van der Waals surface area (Å²) < 4.78 is 5.39. The Bertz CT molecular complexity index is 541. The van der Waals surface area contributed by atoms with Crippen molar-refractivity contribution in [1.82, 2.24) is 5.32 Å². The molecule has 20 heavy (non-hydrogen) atoms. The summed E-state index contributed by atoms with van der Waals surface area (Å²) in [7, 11) is 0. The number of amides is 2. The fourth-order valence-electron chi connectivity index (χ4n) is 1.73. The van der Waals surface area contributed by atoms with E-state index in [1.54, 1.807) is 11.3 Å². The molecule has 0 aliphatic heterocycles. The fraction of sp³-hybridized carbons (Fsp3) is 0.267. The van der Waals surface area contributed by atoms with E-state index >= 15 is 0 Å². The van der Waals surface area contributed by atoms with Gasteiger partial charge < -0.3 is 15.4 Å². The van der Waals surface area contributed by atoms with Crippen LogP contribution in [0.2, 0.25) is 0 Å². The van der Waals surface area contributed by atoms with Crippen LogP contribution in [0.4, 0.5) is 10.5 Å². The first-order valence-corrected chi connectivity index (χ1v) is 7.40. The van der Waals surface area contributed by atoms with Crippen LogP contribution in [-0.2, 0) is 17.9 Å². The predicted octanol–water partition coefficient (Wildman–Crippen LogP) is 3.61. The van der Waals surface area contributed by atoms with Gasteiger partial charge in [0, 0.05) is 22.7 Å². The lowest BCUT2D eigenvalue weighted by Gasteiger charge is -2.11. The van der Waals surface area contributed by atoms with Crippen molar-refractivity contribution in [2.75, 3.05) is 11.9 Å². The second-order valence-corrected chi connectivity index (χ2v) is 5.21. The van der Waals surface area contributed by atoms with Crippen molar-refractivity contribution in [2.45, 2.75) is 20.1 Å². The molecule has 2 amide bonds. The molecule has 2 aromatic rings. The molecule has 0 spiro atoms. The lowest BCUT2D eigenvalue weighted by atomic mass is 10.2. The number of benzene rings is 1. The van der Waals surface area contributed by atoms with Gasteiger partial charge in [0.05, 0.1) is 13.2 Å². The van der Waals surface area contributed by atoms with Crippen molar-refractivity contribution in [3.05, 3.63) is 52.2 Å². The molecule has 0 fully saturated rings. The van der Waals surface area contributed by atoms with Gasteiger partial charge in [0.2, 0.25) is 0 Å². The fourth-order valence-corrected chi connectivity index (χ4v) is 2.37. The van der Waals surface area contributed by atoms with Crippen molar-refractivity contribution in [3.8, 4) is 0 Å². The van der Waals surface area contributed by atoms with Gasteiger partial charge in [-0.2, -0.15) is 0 Å². The van der Waals surface area contributed by atoms with Crippen LogP contribution in [0.5, 0.6) is 0 Å². The first kappa shape index (κ1) is 14.6. The van der Waals surface area contributed by atoms with E-state index in [9.17, 15) is 4.79 Å². The topological polar surface area (TPSA) is 50.4 Å². The van der Waals surface area contributed by atoms with Gasteiger partial charge in [-0.1, -0.05) is 24.3 Å². The van der Waals surface area contributed by atoms with Gasteiger partial charge in [-0.25, -0.2) is 4.79 Å². The summed E-state index contributed by atoms with van der Waals surface area (Å²) in [6.45, 7) is 3.64. The highest BCUT2D eigenvalue weighted by atomic mass is 32.1. The molecule has 1 heterocycles. The molecule has 0 radical (unpaired) electrons. The van der Waals surface area contributed by atoms with Crippen LogP contribution in [0, 0.1) is 0 Å². The second-order valence-electron chi connectivity index (χ2n) is 4.18. The smallest absolute Gasteiger partial charge is 0.319 e. The molecule has 0 aliphatic carbocycles. The van der Waals surface area contributed by atoms with Crippen LogP contribution in [-0.4, -0.2) is 12.6 Å². The van der Waals surface area contributed by atoms with E-state index in [2.05, 4.69) is 10.6 Å². The molecule has 0 bridgehead atoms. The highest BCUT2D eigenvalue weighted by Gasteiger charge is 2.06. The Morgan fingerprint density at radius 3 is 2.85 bits per heavy atom. The summed E-state index contributed by atoms with van der Waals surface area (Å²) in [6.07, 6.45) is 0. The standard InChI is InChI=1S/C15H18N2O2S/c1-2-19-11-12-6-3-4-8-14(12)17-15(18)16-10-13-7-5-9-20-13/h3-9H,2,10-11H2,1H3,(H2,16,17,18). The molecule has 5 heteroatoms. The van der Waals surface area contributed by atoms with Crippen molar-refractivity contribution in [1.29, 1.82) is 0 Å². The van der Waals surface area contributed by atoms with E-state index in [4.69, 9.17) is 4.74 Å². The number of carbonyl (C=O) groups excluding carboxylic acids is 1. The summed E-state index contributed by atoms with van der Waals surface area (Å²) >= 11 is 1.62. The number of urea groups is 1. The number of ether oxygens (including phenoxy) is 1. The highest BCUT2D eigenvalue weighted by molar-refractivity contribution is 7.09. The number of hydrogen-bond acceptors (Lipinski definition) is 3. The van der Waals surface area contributed by atoms with Crippen LogP contribution < -0.4 is 10.6 Å². The Morgan fingerprint density at radius 2 is 2.10 bits per heavy atom. The van der Waals surface area contributed by atoms with Crippen molar-refractivity contribution < 1.29 is 9.53 Å².